The van der Waals surface area contributed by atoms with E-state index in [0.717, 1.165) is 0 Å². The van der Waals surface area contributed by atoms with Crippen LogP contribution in [0.3, 0.4) is 0 Å². The molecule has 0 aromatic heterocycles. The van der Waals surface area contributed by atoms with E-state index in [1.807, 2.05) is 6.07 Å². The lowest BCUT2D eigenvalue weighted by Crippen LogP contribution is -2.35. The van der Waals surface area contributed by atoms with Crippen LogP contribution in [0, 0.1) is 0 Å². The third-order valence-electron chi connectivity index (χ3n) is 1.96. The van der Waals surface area contributed by atoms with E-state index in [2.05, 4.69) is 20.3 Å². The standard InChI is InChI=1S/C10H7N5O/c11-14-8-6-12-15-9(8)13-10(16)7-4-2-1-3-5-7/h1-6H,(H,13,15,16). The molecule has 0 bridgehead atoms. The third kappa shape index (κ3) is 1.92. The molecule has 6 nitrogen and oxygen atoms in total. The van der Waals surface area contributed by atoms with E-state index in [1.165, 1.54) is 6.21 Å². The normalized spacial score (nSPS) is 13.2. The van der Waals surface area contributed by atoms with Gasteiger partial charge in [-0.25, -0.2) is 0 Å². The molecule has 1 heterocycles. The van der Waals surface area contributed by atoms with Gasteiger partial charge in [-0.3, -0.25) is 10.1 Å². The van der Waals surface area contributed by atoms with E-state index < -0.39 is 0 Å². The van der Waals surface area contributed by atoms with Gasteiger partial charge in [0.1, 0.15) is 6.21 Å². The van der Waals surface area contributed by atoms with E-state index >= 15 is 0 Å². The van der Waals surface area contributed by atoms with Crippen LogP contribution in [-0.2, 0) is 0 Å². The van der Waals surface area contributed by atoms with Crippen molar-refractivity contribution in [1.82, 2.24) is 5.32 Å². The van der Waals surface area contributed by atoms with Crippen LogP contribution >= 0.6 is 0 Å². The largest absolute Gasteiger partial charge is 0.379 e. The van der Waals surface area contributed by atoms with Crippen LogP contribution in [0.4, 0.5) is 0 Å². The number of hydrogen-bond donors (Lipinski definition) is 1. The van der Waals surface area contributed by atoms with Crippen LogP contribution in [-0.4, -0.2) is 28.5 Å². The van der Waals surface area contributed by atoms with Crippen molar-refractivity contribution >= 4 is 23.7 Å². The Balaban J connectivity index is 2.13. The van der Waals surface area contributed by atoms with Crippen molar-refractivity contribution in [2.24, 2.45) is 10.2 Å². The lowest BCUT2D eigenvalue weighted by molar-refractivity contribution is 0.00205. The fourth-order valence-electron chi connectivity index (χ4n) is 1.19. The Morgan fingerprint density at radius 2 is 2.06 bits per heavy atom. The molecule has 1 amide bonds. The molecule has 0 radical (unpaired) electrons. The first-order chi connectivity index (χ1) is 7.81. The molecular weight excluding hydrogens is 206 g/mol. The molecule has 0 atom stereocenters. The van der Waals surface area contributed by atoms with Crippen molar-refractivity contribution in [2.75, 3.05) is 0 Å². The van der Waals surface area contributed by atoms with Gasteiger partial charge in [0.15, 0.2) is 0 Å². The number of carbonyl (C=O) groups is 1. The molecule has 1 aliphatic rings. The van der Waals surface area contributed by atoms with Crippen molar-refractivity contribution < 1.29 is 9.58 Å². The second-order valence-electron chi connectivity index (χ2n) is 3.00. The molecule has 0 fully saturated rings. The highest BCUT2D eigenvalue weighted by atomic mass is 16.1. The lowest BCUT2D eigenvalue weighted by Gasteiger charge is -2.00. The SMILES string of the molecule is [N-]=[N+]=C1C=NN=C1NC(=O)c1ccccc1. The van der Waals surface area contributed by atoms with Crippen LogP contribution < -0.4 is 5.32 Å². The Morgan fingerprint density at radius 1 is 1.31 bits per heavy atom. The summed E-state index contributed by atoms with van der Waals surface area (Å²) in [6, 6.07) is 8.66. The summed E-state index contributed by atoms with van der Waals surface area (Å²) in [7, 11) is 0. The molecule has 0 spiro atoms. The molecule has 1 aliphatic heterocycles. The molecule has 1 aromatic rings. The maximum Gasteiger partial charge on any atom is 0.379 e. The summed E-state index contributed by atoms with van der Waals surface area (Å²) in [6.45, 7) is 0. The minimum Gasteiger partial charge on any atom is -0.361 e. The summed E-state index contributed by atoms with van der Waals surface area (Å²) in [5.41, 5.74) is 9.21. The van der Waals surface area contributed by atoms with E-state index in [4.69, 9.17) is 5.53 Å². The second kappa shape index (κ2) is 4.29. The monoisotopic (exact) mass is 213 g/mol. The fraction of sp³-hybridized carbons (Fsp3) is 0. The molecule has 1 aromatic carbocycles. The van der Waals surface area contributed by atoms with Crippen molar-refractivity contribution in [1.29, 1.82) is 0 Å². The zero-order chi connectivity index (χ0) is 11.4. The first-order valence-electron chi connectivity index (χ1n) is 4.51. The Morgan fingerprint density at radius 3 is 2.75 bits per heavy atom. The predicted molar refractivity (Wildman–Crippen MR) is 58.5 cm³/mol. The Bertz CT molecular complexity index is 525. The molecule has 78 valence electrons. The maximum atomic E-state index is 11.7. The number of rotatable bonds is 1. The summed E-state index contributed by atoms with van der Waals surface area (Å²) in [6.07, 6.45) is 1.25. The topological polar surface area (TPSA) is 90.2 Å². The number of hydrogen-bond acceptors (Lipinski definition) is 3. The highest BCUT2D eigenvalue weighted by molar-refractivity contribution is 6.62. The quantitative estimate of drug-likeness (QED) is 0.533. The van der Waals surface area contributed by atoms with Gasteiger partial charge in [0, 0.05) is 5.56 Å². The predicted octanol–water partition coefficient (Wildman–Crippen LogP) is 0.485. The van der Waals surface area contributed by atoms with Gasteiger partial charge < -0.3 is 5.53 Å². The Kier molecular flexibility index (Phi) is 2.67. The van der Waals surface area contributed by atoms with Crippen LogP contribution in [0.5, 0.6) is 0 Å². The second-order valence-corrected chi connectivity index (χ2v) is 3.00. The van der Waals surface area contributed by atoms with Crippen molar-refractivity contribution in [3.8, 4) is 0 Å². The Labute approximate surface area is 90.9 Å². The lowest BCUT2D eigenvalue weighted by atomic mass is 10.2. The molecular formula is C10H7N5O. The number of nitrogens with one attached hydrogen (secondary N) is 1. The molecule has 16 heavy (non-hydrogen) atoms. The van der Waals surface area contributed by atoms with Crippen LogP contribution in [0.25, 0.3) is 5.53 Å². The van der Waals surface area contributed by atoms with Gasteiger partial charge in [0.2, 0.25) is 5.84 Å². The summed E-state index contributed by atoms with van der Waals surface area (Å²) in [5, 5.41) is 9.63. The van der Waals surface area contributed by atoms with E-state index in [-0.39, 0.29) is 17.5 Å². The first kappa shape index (κ1) is 9.95. The third-order valence-corrected chi connectivity index (χ3v) is 1.96. The van der Waals surface area contributed by atoms with Gasteiger partial charge in [-0.05, 0) is 12.1 Å². The molecule has 6 heteroatoms. The summed E-state index contributed by atoms with van der Waals surface area (Å²) >= 11 is 0. The van der Waals surface area contributed by atoms with Crippen molar-refractivity contribution in [2.45, 2.75) is 0 Å². The highest BCUT2D eigenvalue weighted by Crippen LogP contribution is 1.98. The number of amides is 1. The van der Waals surface area contributed by atoms with Crippen LogP contribution in [0.1, 0.15) is 10.4 Å². The van der Waals surface area contributed by atoms with Crippen LogP contribution in [0.2, 0.25) is 0 Å². The van der Waals surface area contributed by atoms with Gasteiger partial charge in [0.05, 0.1) is 0 Å². The van der Waals surface area contributed by atoms with E-state index in [9.17, 15) is 4.79 Å². The average molecular weight is 213 g/mol. The molecule has 1 N–H and O–H groups in total. The van der Waals surface area contributed by atoms with Gasteiger partial charge in [-0.15, -0.1) is 10.2 Å². The van der Waals surface area contributed by atoms with E-state index in [0.29, 0.717) is 5.56 Å². The summed E-state index contributed by atoms with van der Waals surface area (Å²) in [5.74, 6) is -0.192. The van der Waals surface area contributed by atoms with Crippen LogP contribution in [0.15, 0.2) is 40.5 Å². The smallest absolute Gasteiger partial charge is 0.361 e. The zero-order valence-electron chi connectivity index (χ0n) is 8.16. The van der Waals surface area contributed by atoms with Crippen molar-refractivity contribution in [3.05, 3.63) is 41.4 Å². The fourth-order valence-corrected chi connectivity index (χ4v) is 1.19. The summed E-state index contributed by atoms with van der Waals surface area (Å²) < 4.78 is 0. The van der Waals surface area contributed by atoms with Crippen molar-refractivity contribution in [3.63, 3.8) is 0 Å². The zero-order valence-corrected chi connectivity index (χ0v) is 8.16. The molecule has 0 unspecified atom stereocenters. The minimum atomic E-state index is -0.328. The first-order valence-corrected chi connectivity index (χ1v) is 4.51. The van der Waals surface area contributed by atoms with Gasteiger partial charge in [-0.2, -0.15) is 4.79 Å². The van der Waals surface area contributed by atoms with Gasteiger partial charge in [0.25, 0.3) is 5.91 Å². The molecule has 0 saturated carbocycles. The number of amidine groups is 1. The molecule has 2 rings (SSSR count). The average Bonchev–Trinajstić information content (AvgIpc) is 2.77. The highest BCUT2D eigenvalue weighted by Gasteiger charge is 2.22. The minimum absolute atomic E-state index is 0.129. The molecule has 0 saturated heterocycles. The van der Waals surface area contributed by atoms with Gasteiger partial charge in [-0.1, -0.05) is 18.2 Å². The number of carbonyl (C=O) groups excluding carboxylic acids is 1. The van der Waals surface area contributed by atoms with E-state index in [1.54, 1.807) is 24.3 Å². The van der Waals surface area contributed by atoms with Gasteiger partial charge >= 0.3 is 5.71 Å². The number of benzene rings is 1. The Hall–Kier alpha value is -2.59. The molecule has 0 aliphatic carbocycles. The number of nitrogens with zero attached hydrogens (tertiary/aromatic N) is 4. The summed E-state index contributed by atoms with van der Waals surface area (Å²) in [4.78, 5) is 14.6. The maximum absolute atomic E-state index is 11.7.